The molecule has 0 saturated carbocycles. The van der Waals surface area contributed by atoms with Crippen molar-refractivity contribution in [2.75, 3.05) is 19.6 Å². The van der Waals surface area contributed by atoms with Gasteiger partial charge >= 0.3 is 18.2 Å². The second-order valence-electron chi connectivity index (χ2n) is 5.26. The number of carbonyl (C=O) groups excluding carboxylic acids is 1. The van der Waals surface area contributed by atoms with Crippen molar-refractivity contribution in [3.05, 3.63) is 0 Å². The maximum Gasteiger partial charge on any atom is 0.406 e. The molecule has 0 aromatic carbocycles. The third kappa shape index (κ3) is 5.81. The molecule has 122 valence electrons. The van der Waals surface area contributed by atoms with E-state index in [0.29, 0.717) is 25.8 Å². The van der Waals surface area contributed by atoms with Crippen molar-refractivity contribution in [3.63, 3.8) is 0 Å². The Bertz CT molecular complexity index is 374. The Morgan fingerprint density at radius 2 is 2.00 bits per heavy atom. The van der Waals surface area contributed by atoms with Crippen LogP contribution >= 0.6 is 0 Å². The number of carboxylic acid groups (broad SMARTS) is 1. The molecular weight excluding hydrogens is 289 g/mol. The molecule has 1 saturated heterocycles. The first kappa shape index (κ1) is 17.6. The van der Waals surface area contributed by atoms with Crippen LogP contribution in [0.3, 0.4) is 0 Å². The van der Waals surface area contributed by atoms with Crippen LogP contribution in [-0.2, 0) is 4.79 Å². The Morgan fingerprint density at radius 1 is 1.33 bits per heavy atom. The van der Waals surface area contributed by atoms with Crippen LogP contribution in [0.15, 0.2) is 0 Å². The van der Waals surface area contributed by atoms with E-state index in [0.717, 1.165) is 11.3 Å². The van der Waals surface area contributed by atoms with Crippen molar-refractivity contribution in [2.45, 2.75) is 51.2 Å². The van der Waals surface area contributed by atoms with Crippen molar-refractivity contribution >= 4 is 12.0 Å². The van der Waals surface area contributed by atoms with Gasteiger partial charge in [-0.3, -0.25) is 4.79 Å². The van der Waals surface area contributed by atoms with Gasteiger partial charge in [-0.15, -0.1) is 0 Å². The number of amides is 2. The average Bonchev–Trinajstić information content (AvgIpc) is 2.36. The van der Waals surface area contributed by atoms with Crippen molar-refractivity contribution < 1.29 is 27.9 Å². The zero-order valence-electron chi connectivity index (χ0n) is 12.0. The lowest BCUT2D eigenvalue weighted by Gasteiger charge is -2.38. The standard InChI is InChI=1S/C13H21F3N2O3/c1-2-6-17(9-13(14,15)16)12(21)18-7-4-3-5-10(18)8-11(19)20/h10H,2-9H2,1H3,(H,19,20). The van der Waals surface area contributed by atoms with Crippen molar-refractivity contribution in [1.82, 2.24) is 9.80 Å². The molecule has 0 aromatic heterocycles. The van der Waals surface area contributed by atoms with Crippen LogP contribution < -0.4 is 0 Å². The molecule has 5 nitrogen and oxygen atoms in total. The Kier molecular flexibility index (Phi) is 6.29. The Labute approximate surface area is 121 Å². The van der Waals surface area contributed by atoms with E-state index in [2.05, 4.69) is 0 Å². The maximum atomic E-state index is 12.6. The molecule has 8 heteroatoms. The van der Waals surface area contributed by atoms with Gasteiger partial charge in [-0.25, -0.2) is 4.79 Å². The summed E-state index contributed by atoms with van der Waals surface area (Å²) in [4.78, 5) is 25.2. The van der Waals surface area contributed by atoms with Gasteiger partial charge in [0.05, 0.1) is 6.42 Å². The van der Waals surface area contributed by atoms with Crippen LogP contribution in [0.25, 0.3) is 0 Å². The molecule has 1 heterocycles. The predicted octanol–water partition coefficient (Wildman–Crippen LogP) is 2.71. The molecule has 1 fully saturated rings. The van der Waals surface area contributed by atoms with Gasteiger partial charge in [0.1, 0.15) is 6.54 Å². The number of piperidine rings is 1. The smallest absolute Gasteiger partial charge is 0.406 e. The molecule has 0 aromatic rings. The number of rotatable bonds is 5. The molecule has 0 spiro atoms. The van der Waals surface area contributed by atoms with Crippen LogP contribution in [-0.4, -0.2) is 58.8 Å². The minimum atomic E-state index is -4.46. The molecule has 0 bridgehead atoms. The predicted molar refractivity (Wildman–Crippen MR) is 69.9 cm³/mol. The highest BCUT2D eigenvalue weighted by Gasteiger charge is 2.37. The first-order valence-electron chi connectivity index (χ1n) is 7.08. The summed E-state index contributed by atoms with van der Waals surface area (Å²) in [5.74, 6) is -1.04. The lowest BCUT2D eigenvalue weighted by Crippen LogP contribution is -2.53. The van der Waals surface area contributed by atoms with E-state index in [1.165, 1.54) is 4.90 Å². The van der Waals surface area contributed by atoms with Crippen molar-refractivity contribution in [2.24, 2.45) is 0 Å². The van der Waals surface area contributed by atoms with Gasteiger partial charge in [0, 0.05) is 19.1 Å². The number of urea groups is 1. The van der Waals surface area contributed by atoms with Gasteiger partial charge < -0.3 is 14.9 Å². The minimum absolute atomic E-state index is 0.00857. The molecule has 1 N–H and O–H groups in total. The SMILES string of the molecule is CCCN(CC(F)(F)F)C(=O)N1CCCCC1CC(=O)O. The lowest BCUT2D eigenvalue weighted by molar-refractivity contribution is -0.143. The number of alkyl halides is 3. The van der Waals surface area contributed by atoms with E-state index in [4.69, 9.17) is 5.11 Å². The molecule has 2 amide bonds. The monoisotopic (exact) mass is 310 g/mol. The van der Waals surface area contributed by atoms with Crippen LogP contribution in [0.4, 0.5) is 18.0 Å². The highest BCUT2D eigenvalue weighted by Crippen LogP contribution is 2.23. The molecule has 1 rings (SSSR count). The van der Waals surface area contributed by atoms with Crippen LogP contribution in [0.2, 0.25) is 0 Å². The first-order valence-corrected chi connectivity index (χ1v) is 7.08. The maximum absolute atomic E-state index is 12.6. The average molecular weight is 310 g/mol. The molecule has 21 heavy (non-hydrogen) atoms. The molecule has 0 aliphatic carbocycles. The summed E-state index contributed by atoms with van der Waals surface area (Å²) in [6.07, 6.45) is -2.27. The third-order valence-corrected chi connectivity index (χ3v) is 3.42. The zero-order valence-corrected chi connectivity index (χ0v) is 12.0. The number of nitrogens with zero attached hydrogens (tertiary/aromatic N) is 2. The normalized spacial score (nSPS) is 19.4. The zero-order chi connectivity index (χ0) is 16.0. The van der Waals surface area contributed by atoms with Gasteiger partial charge in [0.15, 0.2) is 0 Å². The third-order valence-electron chi connectivity index (χ3n) is 3.42. The van der Waals surface area contributed by atoms with Gasteiger partial charge in [-0.2, -0.15) is 13.2 Å². The Balaban J connectivity index is 2.80. The fourth-order valence-corrected chi connectivity index (χ4v) is 2.58. The van der Waals surface area contributed by atoms with Crippen LogP contribution in [0.1, 0.15) is 39.0 Å². The number of aliphatic carboxylic acids is 1. The number of hydrogen-bond acceptors (Lipinski definition) is 2. The van der Waals surface area contributed by atoms with Gasteiger partial charge in [-0.1, -0.05) is 6.92 Å². The van der Waals surface area contributed by atoms with Crippen LogP contribution in [0.5, 0.6) is 0 Å². The number of carbonyl (C=O) groups is 2. The lowest BCUT2D eigenvalue weighted by atomic mass is 10.00. The second kappa shape index (κ2) is 7.51. The van der Waals surface area contributed by atoms with E-state index in [9.17, 15) is 22.8 Å². The van der Waals surface area contributed by atoms with Crippen molar-refractivity contribution in [1.29, 1.82) is 0 Å². The molecule has 1 atom stereocenters. The molecule has 1 unspecified atom stereocenters. The molecule has 1 aliphatic rings. The summed E-state index contributed by atoms with van der Waals surface area (Å²) in [6.45, 7) is 0.723. The van der Waals surface area contributed by atoms with Crippen LogP contribution in [0, 0.1) is 0 Å². The van der Waals surface area contributed by atoms with Crippen molar-refractivity contribution in [3.8, 4) is 0 Å². The van der Waals surface area contributed by atoms with E-state index >= 15 is 0 Å². The fraction of sp³-hybridized carbons (Fsp3) is 0.846. The van der Waals surface area contributed by atoms with E-state index in [-0.39, 0.29) is 13.0 Å². The second-order valence-corrected chi connectivity index (χ2v) is 5.26. The largest absolute Gasteiger partial charge is 0.481 e. The number of halogens is 3. The Morgan fingerprint density at radius 3 is 2.52 bits per heavy atom. The highest BCUT2D eigenvalue weighted by atomic mass is 19.4. The first-order chi connectivity index (χ1) is 9.74. The summed E-state index contributed by atoms with van der Waals surface area (Å²) in [5, 5.41) is 8.86. The molecule has 0 radical (unpaired) electrons. The van der Waals surface area contributed by atoms with E-state index in [1.54, 1.807) is 6.92 Å². The summed E-state index contributed by atoms with van der Waals surface area (Å²) in [7, 11) is 0. The summed E-state index contributed by atoms with van der Waals surface area (Å²) in [5.41, 5.74) is 0. The summed E-state index contributed by atoms with van der Waals surface area (Å²) in [6, 6.07) is -1.23. The summed E-state index contributed by atoms with van der Waals surface area (Å²) >= 11 is 0. The highest BCUT2D eigenvalue weighted by molar-refractivity contribution is 5.76. The van der Waals surface area contributed by atoms with Gasteiger partial charge in [-0.05, 0) is 25.7 Å². The number of carboxylic acids is 1. The molecule has 1 aliphatic heterocycles. The van der Waals surface area contributed by atoms with E-state index in [1.807, 2.05) is 0 Å². The van der Waals surface area contributed by atoms with Gasteiger partial charge in [0.25, 0.3) is 0 Å². The topological polar surface area (TPSA) is 60.9 Å². The quantitative estimate of drug-likeness (QED) is 0.849. The minimum Gasteiger partial charge on any atom is -0.481 e. The number of hydrogen-bond donors (Lipinski definition) is 1. The molecular formula is C13H21F3N2O3. The Hall–Kier alpha value is -1.47. The van der Waals surface area contributed by atoms with E-state index < -0.39 is 30.8 Å². The fourth-order valence-electron chi connectivity index (χ4n) is 2.58. The van der Waals surface area contributed by atoms with Gasteiger partial charge in [0.2, 0.25) is 0 Å². The number of likely N-dealkylation sites (tertiary alicyclic amines) is 1. The summed E-state index contributed by atoms with van der Waals surface area (Å²) < 4.78 is 37.7.